The first kappa shape index (κ1) is 16.9. The van der Waals surface area contributed by atoms with Crippen LogP contribution in [0.5, 0.6) is 0 Å². The lowest BCUT2D eigenvalue weighted by molar-refractivity contribution is 0.0601. The van der Waals surface area contributed by atoms with Gasteiger partial charge in [-0.05, 0) is 31.5 Å². The molecule has 1 N–H and O–H groups in total. The molecule has 2 heterocycles. The summed E-state index contributed by atoms with van der Waals surface area (Å²) in [7, 11) is 1.32. The number of aryl methyl sites for hydroxylation is 1. The number of carbonyl (C=O) groups excluding carboxylic acids is 2. The Labute approximate surface area is 149 Å². The van der Waals surface area contributed by atoms with Gasteiger partial charge in [0.1, 0.15) is 5.00 Å². The average Bonchev–Trinajstić information content (AvgIpc) is 3.21. The van der Waals surface area contributed by atoms with Gasteiger partial charge in [-0.3, -0.25) is 4.79 Å². The summed E-state index contributed by atoms with van der Waals surface area (Å²) in [6.45, 7) is 3.73. The number of amides is 1. The van der Waals surface area contributed by atoms with Crippen LogP contribution in [0.4, 0.5) is 5.00 Å². The highest BCUT2D eigenvalue weighted by Gasteiger charge is 2.22. The van der Waals surface area contributed by atoms with E-state index in [-0.39, 0.29) is 5.91 Å². The molecule has 3 aromatic rings. The highest BCUT2D eigenvalue weighted by molar-refractivity contribution is 7.16. The van der Waals surface area contributed by atoms with Crippen LogP contribution in [0.25, 0.3) is 5.69 Å². The molecule has 6 nitrogen and oxygen atoms in total. The first-order chi connectivity index (χ1) is 12.0. The number of carbonyl (C=O) groups is 2. The van der Waals surface area contributed by atoms with E-state index < -0.39 is 5.97 Å². The minimum atomic E-state index is -0.461. The van der Waals surface area contributed by atoms with Crippen LogP contribution in [0.1, 0.15) is 31.2 Å². The highest BCUT2D eigenvalue weighted by Crippen LogP contribution is 2.33. The van der Waals surface area contributed by atoms with E-state index in [0.29, 0.717) is 16.1 Å². The lowest BCUT2D eigenvalue weighted by atomic mass is 10.1. The minimum absolute atomic E-state index is 0.325. The molecule has 0 radical (unpaired) electrons. The van der Waals surface area contributed by atoms with Gasteiger partial charge in [0, 0.05) is 11.1 Å². The van der Waals surface area contributed by atoms with Gasteiger partial charge in [-0.1, -0.05) is 18.2 Å². The van der Waals surface area contributed by atoms with Crippen LogP contribution in [-0.2, 0) is 4.74 Å². The van der Waals surface area contributed by atoms with E-state index in [1.54, 1.807) is 10.9 Å². The maximum absolute atomic E-state index is 12.5. The molecule has 2 aromatic heterocycles. The van der Waals surface area contributed by atoms with Crippen molar-refractivity contribution in [2.75, 3.05) is 12.4 Å². The Bertz CT molecular complexity index is 928. The zero-order valence-corrected chi connectivity index (χ0v) is 14.9. The molecule has 0 aliphatic rings. The predicted octanol–water partition coefficient (Wildman–Crippen LogP) is 3.59. The van der Waals surface area contributed by atoms with E-state index in [9.17, 15) is 9.59 Å². The van der Waals surface area contributed by atoms with E-state index in [4.69, 9.17) is 4.74 Å². The van der Waals surface area contributed by atoms with Gasteiger partial charge in [-0.25, -0.2) is 9.48 Å². The first-order valence-corrected chi connectivity index (χ1v) is 8.42. The maximum Gasteiger partial charge on any atom is 0.341 e. The monoisotopic (exact) mass is 355 g/mol. The van der Waals surface area contributed by atoms with Crippen molar-refractivity contribution in [3.05, 3.63) is 64.3 Å². The lowest BCUT2D eigenvalue weighted by Gasteiger charge is -2.05. The maximum atomic E-state index is 12.5. The summed E-state index contributed by atoms with van der Waals surface area (Å²) in [5.74, 6) is -0.786. The molecule has 0 unspecified atom stereocenters. The average molecular weight is 355 g/mol. The molecule has 0 aliphatic heterocycles. The fourth-order valence-corrected chi connectivity index (χ4v) is 3.44. The van der Waals surface area contributed by atoms with Crippen LogP contribution in [0.2, 0.25) is 0 Å². The van der Waals surface area contributed by atoms with Crippen LogP contribution in [0.15, 0.2) is 42.7 Å². The number of ether oxygens (including phenoxy) is 1. The summed E-state index contributed by atoms with van der Waals surface area (Å²) in [5.41, 5.74) is 2.48. The molecular weight excluding hydrogens is 338 g/mol. The molecule has 7 heteroatoms. The summed E-state index contributed by atoms with van der Waals surface area (Å²) in [6, 6.07) is 9.51. The van der Waals surface area contributed by atoms with Gasteiger partial charge in [0.25, 0.3) is 5.91 Å². The van der Waals surface area contributed by atoms with Crippen molar-refractivity contribution in [1.29, 1.82) is 0 Å². The Morgan fingerprint density at radius 1 is 1.20 bits per heavy atom. The quantitative estimate of drug-likeness (QED) is 0.726. The second-order valence-electron chi connectivity index (χ2n) is 5.44. The highest BCUT2D eigenvalue weighted by atomic mass is 32.1. The van der Waals surface area contributed by atoms with Gasteiger partial charge in [-0.2, -0.15) is 5.10 Å². The third-order valence-electron chi connectivity index (χ3n) is 3.87. The summed E-state index contributed by atoms with van der Waals surface area (Å²) < 4.78 is 6.45. The Kier molecular flexibility index (Phi) is 4.67. The SMILES string of the molecule is COC(=O)c1c(NC(=O)c2cnn(-c3ccccc3)c2)sc(C)c1C. The standard InChI is InChI=1S/C18H17N3O3S/c1-11-12(2)25-17(15(11)18(23)24-3)20-16(22)13-9-19-21(10-13)14-7-5-4-6-8-14/h4-10H,1-3H3,(H,20,22). The number of nitrogens with one attached hydrogen (secondary N) is 1. The van der Waals surface area contributed by atoms with Gasteiger partial charge < -0.3 is 10.1 Å². The second-order valence-corrected chi connectivity index (χ2v) is 6.67. The fraction of sp³-hybridized carbons (Fsp3) is 0.167. The Morgan fingerprint density at radius 3 is 2.60 bits per heavy atom. The van der Waals surface area contributed by atoms with Gasteiger partial charge in [0.2, 0.25) is 0 Å². The number of esters is 1. The van der Waals surface area contributed by atoms with Crippen LogP contribution in [0.3, 0.4) is 0 Å². The minimum Gasteiger partial charge on any atom is -0.465 e. The molecule has 0 bridgehead atoms. The number of anilines is 1. The topological polar surface area (TPSA) is 73.2 Å². The number of hydrogen-bond acceptors (Lipinski definition) is 5. The molecule has 0 fully saturated rings. The second kappa shape index (κ2) is 6.90. The number of benzene rings is 1. The smallest absolute Gasteiger partial charge is 0.341 e. The van der Waals surface area contributed by atoms with Crippen molar-refractivity contribution in [1.82, 2.24) is 9.78 Å². The number of aromatic nitrogens is 2. The number of hydrogen-bond donors (Lipinski definition) is 1. The van der Waals surface area contributed by atoms with Gasteiger partial charge >= 0.3 is 5.97 Å². The van der Waals surface area contributed by atoms with Crippen LogP contribution >= 0.6 is 11.3 Å². The van der Waals surface area contributed by atoms with E-state index >= 15 is 0 Å². The molecule has 1 aromatic carbocycles. The number of thiophene rings is 1. The van der Waals surface area contributed by atoms with Crippen LogP contribution in [0, 0.1) is 13.8 Å². The Morgan fingerprint density at radius 2 is 1.92 bits per heavy atom. The number of nitrogens with zero attached hydrogens (tertiary/aromatic N) is 2. The Hall–Kier alpha value is -2.93. The number of methoxy groups -OCH3 is 1. The summed E-state index contributed by atoms with van der Waals surface area (Å²) in [5, 5.41) is 7.49. The summed E-state index contributed by atoms with van der Waals surface area (Å²) in [4.78, 5) is 25.5. The van der Waals surface area contributed by atoms with E-state index in [1.807, 2.05) is 44.2 Å². The molecule has 128 valence electrons. The van der Waals surface area contributed by atoms with Crippen LogP contribution < -0.4 is 5.32 Å². The van der Waals surface area contributed by atoms with E-state index in [2.05, 4.69) is 10.4 Å². The molecule has 25 heavy (non-hydrogen) atoms. The lowest BCUT2D eigenvalue weighted by Crippen LogP contribution is -2.13. The molecule has 0 spiro atoms. The largest absolute Gasteiger partial charge is 0.465 e. The summed E-state index contributed by atoms with van der Waals surface area (Å²) in [6.07, 6.45) is 3.14. The number of rotatable bonds is 4. The molecule has 3 rings (SSSR count). The van der Waals surface area contributed by atoms with E-state index in [1.165, 1.54) is 24.6 Å². The van der Waals surface area contributed by atoms with Crippen molar-refractivity contribution in [2.24, 2.45) is 0 Å². The van der Waals surface area contributed by atoms with Crippen molar-refractivity contribution in [3.8, 4) is 5.69 Å². The molecule has 0 saturated heterocycles. The van der Waals surface area contributed by atoms with Crippen molar-refractivity contribution in [3.63, 3.8) is 0 Å². The molecular formula is C18H17N3O3S. The van der Waals surface area contributed by atoms with Crippen molar-refractivity contribution < 1.29 is 14.3 Å². The van der Waals surface area contributed by atoms with Gasteiger partial charge in [0.05, 0.1) is 30.1 Å². The van der Waals surface area contributed by atoms with Gasteiger partial charge in [0.15, 0.2) is 0 Å². The molecule has 0 atom stereocenters. The summed E-state index contributed by atoms with van der Waals surface area (Å²) >= 11 is 1.35. The molecule has 1 amide bonds. The third kappa shape index (κ3) is 3.32. The molecule has 0 saturated carbocycles. The van der Waals surface area contributed by atoms with Gasteiger partial charge in [-0.15, -0.1) is 11.3 Å². The normalized spacial score (nSPS) is 10.5. The van der Waals surface area contributed by atoms with E-state index in [0.717, 1.165) is 16.1 Å². The third-order valence-corrected chi connectivity index (χ3v) is 4.99. The Balaban J connectivity index is 1.85. The molecule has 0 aliphatic carbocycles. The van der Waals surface area contributed by atoms with Crippen molar-refractivity contribution in [2.45, 2.75) is 13.8 Å². The zero-order valence-electron chi connectivity index (χ0n) is 14.1. The van der Waals surface area contributed by atoms with Crippen LogP contribution in [-0.4, -0.2) is 28.8 Å². The fourth-order valence-electron chi connectivity index (χ4n) is 2.40. The first-order valence-electron chi connectivity index (χ1n) is 7.61. The van der Waals surface area contributed by atoms with Crippen molar-refractivity contribution >= 4 is 28.2 Å². The zero-order chi connectivity index (χ0) is 18.0. The number of para-hydroxylation sites is 1. The predicted molar refractivity (Wildman–Crippen MR) is 96.6 cm³/mol.